The Morgan fingerprint density at radius 1 is 0.974 bits per heavy atom. The Morgan fingerprint density at radius 3 is 2.53 bits per heavy atom. The van der Waals surface area contributed by atoms with E-state index in [1.807, 2.05) is 30.3 Å². The lowest BCUT2D eigenvalue weighted by Crippen LogP contribution is -2.33. The van der Waals surface area contributed by atoms with Gasteiger partial charge in [0.2, 0.25) is 5.91 Å². The van der Waals surface area contributed by atoms with Crippen molar-refractivity contribution in [3.8, 4) is 6.07 Å². The standard InChI is InChI=1S/C29H24F2N4O2.CH4/c30-26-7-5-19(14-27(26)31)11-23(15-24(36)13-18-2-1-3-20(10-18)16-32)29(37)35-17-21-4-6-25-22(12-21)8-9-34-28(25)33;/h1-10,12,14,23H,11,13,15,17H2,(H2,33,34)(H,35,37);1H4/t23-;/m1./s1. The average Bonchev–Trinajstić information content (AvgIpc) is 2.89. The van der Waals surface area contributed by atoms with E-state index in [-0.39, 0.29) is 44.9 Å². The second-order valence-corrected chi connectivity index (χ2v) is 8.85. The van der Waals surface area contributed by atoms with Crippen molar-refractivity contribution in [2.45, 2.75) is 33.2 Å². The van der Waals surface area contributed by atoms with Gasteiger partial charge in [-0.05, 0) is 64.9 Å². The van der Waals surface area contributed by atoms with Gasteiger partial charge in [-0.3, -0.25) is 9.59 Å². The Balaban J connectivity index is 0.00000400. The SMILES string of the molecule is C.N#Cc1cccc(CC(=O)C[C@@H](Cc2ccc(F)c(F)c2)C(=O)NCc2ccc3c(N)nccc3c2)c1. The van der Waals surface area contributed by atoms with Crippen molar-refractivity contribution >= 4 is 28.3 Å². The van der Waals surface area contributed by atoms with E-state index >= 15 is 0 Å². The molecule has 0 bridgehead atoms. The first-order chi connectivity index (χ1) is 17.8. The van der Waals surface area contributed by atoms with Crippen molar-refractivity contribution in [3.63, 3.8) is 0 Å². The molecule has 0 fully saturated rings. The summed E-state index contributed by atoms with van der Waals surface area (Å²) in [5, 5.41) is 13.6. The zero-order valence-corrected chi connectivity index (χ0v) is 19.9. The van der Waals surface area contributed by atoms with Gasteiger partial charge in [0, 0.05) is 36.9 Å². The Bertz CT molecular complexity index is 1510. The quantitative estimate of drug-likeness (QED) is 0.316. The monoisotopic (exact) mass is 514 g/mol. The van der Waals surface area contributed by atoms with Crippen LogP contribution in [0.1, 0.15) is 36.1 Å². The Morgan fingerprint density at radius 2 is 1.76 bits per heavy atom. The number of carbonyl (C=O) groups is 2. The van der Waals surface area contributed by atoms with E-state index in [0.717, 1.165) is 28.5 Å². The van der Waals surface area contributed by atoms with E-state index < -0.39 is 17.6 Å². The minimum Gasteiger partial charge on any atom is -0.383 e. The number of nitrogens with zero attached hydrogens (tertiary/aromatic N) is 2. The first kappa shape index (κ1) is 27.9. The summed E-state index contributed by atoms with van der Waals surface area (Å²) in [5.74, 6) is -2.95. The zero-order chi connectivity index (χ0) is 26.4. The number of nitrogen functional groups attached to an aromatic ring is 1. The van der Waals surface area contributed by atoms with E-state index in [4.69, 9.17) is 11.0 Å². The molecule has 6 nitrogen and oxygen atoms in total. The lowest BCUT2D eigenvalue weighted by Gasteiger charge is -2.17. The fraction of sp³-hybridized carbons (Fsp3) is 0.200. The summed E-state index contributed by atoms with van der Waals surface area (Å²) in [6.45, 7) is 0.212. The van der Waals surface area contributed by atoms with Crippen LogP contribution in [-0.2, 0) is 29.0 Å². The van der Waals surface area contributed by atoms with Crippen LogP contribution in [-0.4, -0.2) is 16.7 Å². The molecule has 4 rings (SSSR count). The number of amides is 1. The number of carbonyl (C=O) groups excluding carboxylic acids is 2. The number of benzene rings is 3. The molecule has 0 spiro atoms. The highest BCUT2D eigenvalue weighted by Crippen LogP contribution is 2.21. The molecule has 8 heteroatoms. The summed E-state index contributed by atoms with van der Waals surface area (Å²) < 4.78 is 27.2. The van der Waals surface area contributed by atoms with Crippen LogP contribution in [0.3, 0.4) is 0 Å². The van der Waals surface area contributed by atoms with Gasteiger partial charge in [-0.15, -0.1) is 0 Å². The van der Waals surface area contributed by atoms with Gasteiger partial charge in [0.1, 0.15) is 11.6 Å². The fourth-order valence-corrected chi connectivity index (χ4v) is 4.23. The number of hydrogen-bond acceptors (Lipinski definition) is 5. The largest absolute Gasteiger partial charge is 0.383 e. The van der Waals surface area contributed by atoms with Crippen molar-refractivity contribution in [1.29, 1.82) is 5.26 Å². The van der Waals surface area contributed by atoms with Crippen molar-refractivity contribution in [2.75, 3.05) is 5.73 Å². The Hall–Kier alpha value is -4.64. The van der Waals surface area contributed by atoms with Crippen LogP contribution in [0.25, 0.3) is 10.8 Å². The number of rotatable bonds is 9. The van der Waals surface area contributed by atoms with Crippen LogP contribution in [0.5, 0.6) is 0 Å². The molecule has 3 aromatic carbocycles. The summed E-state index contributed by atoms with van der Waals surface area (Å²) >= 11 is 0. The maximum atomic E-state index is 13.8. The lowest BCUT2D eigenvalue weighted by atomic mass is 9.91. The molecule has 3 N–H and O–H groups in total. The maximum absolute atomic E-state index is 13.8. The molecule has 1 aromatic heterocycles. The summed E-state index contributed by atoms with van der Waals surface area (Å²) in [5.41, 5.74) is 8.25. The smallest absolute Gasteiger partial charge is 0.224 e. The van der Waals surface area contributed by atoms with Gasteiger partial charge in [-0.2, -0.15) is 5.26 Å². The van der Waals surface area contributed by atoms with Crippen LogP contribution in [0.2, 0.25) is 0 Å². The highest BCUT2D eigenvalue weighted by atomic mass is 19.2. The Kier molecular flexibility index (Phi) is 9.23. The van der Waals surface area contributed by atoms with E-state index in [9.17, 15) is 18.4 Å². The highest BCUT2D eigenvalue weighted by molar-refractivity contribution is 5.91. The predicted molar refractivity (Wildman–Crippen MR) is 143 cm³/mol. The van der Waals surface area contributed by atoms with E-state index in [2.05, 4.69) is 10.3 Å². The number of hydrogen-bond donors (Lipinski definition) is 2. The third-order valence-corrected chi connectivity index (χ3v) is 6.09. The van der Waals surface area contributed by atoms with Gasteiger partial charge >= 0.3 is 0 Å². The van der Waals surface area contributed by atoms with Gasteiger partial charge in [-0.25, -0.2) is 13.8 Å². The third kappa shape index (κ3) is 6.98. The first-order valence-corrected chi connectivity index (χ1v) is 11.7. The molecule has 0 unspecified atom stereocenters. The van der Waals surface area contributed by atoms with Crippen LogP contribution < -0.4 is 11.1 Å². The summed E-state index contributed by atoms with van der Waals surface area (Å²) in [7, 11) is 0. The number of nitrogens with one attached hydrogen (secondary N) is 1. The molecule has 38 heavy (non-hydrogen) atoms. The lowest BCUT2D eigenvalue weighted by molar-refractivity contribution is -0.129. The number of nitrogens with two attached hydrogens (primary N) is 1. The van der Waals surface area contributed by atoms with Crippen LogP contribution in [0.4, 0.5) is 14.6 Å². The minimum atomic E-state index is -1.01. The molecule has 1 amide bonds. The van der Waals surface area contributed by atoms with Crippen molar-refractivity contribution < 1.29 is 18.4 Å². The molecule has 0 aliphatic carbocycles. The number of aromatic nitrogens is 1. The van der Waals surface area contributed by atoms with E-state index in [1.54, 1.807) is 30.5 Å². The van der Waals surface area contributed by atoms with Gasteiger partial charge in [0.25, 0.3) is 0 Å². The second-order valence-electron chi connectivity index (χ2n) is 8.85. The second kappa shape index (κ2) is 12.5. The fourth-order valence-electron chi connectivity index (χ4n) is 4.23. The van der Waals surface area contributed by atoms with Gasteiger partial charge < -0.3 is 11.1 Å². The molecule has 0 radical (unpaired) electrons. The molecule has 0 saturated carbocycles. The van der Waals surface area contributed by atoms with Crippen molar-refractivity contribution in [2.24, 2.45) is 5.92 Å². The maximum Gasteiger partial charge on any atom is 0.224 e. The highest BCUT2D eigenvalue weighted by Gasteiger charge is 2.23. The van der Waals surface area contributed by atoms with Crippen LogP contribution in [0, 0.1) is 28.9 Å². The number of Topliss-reactive ketones (excluding diaryl/α,β-unsaturated/α-hetero) is 1. The van der Waals surface area contributed by atoms with Gasteiger partial charge in [-0.1, -0.05) is 37.8 Å². The normalized spacial score (nSPS) is 11.3. The topological polar surface area (TPSA) is 109 Å². The molecule has 0 saturated heterocycles. The molecule has 194 valence electrons. The number of nitriles is 1. The predicted octanol–water partition coefficient (Wildman–Crippen LogP) is 5.28. The van der Waals surface area contributed by atoms with Crippen molar-refractivity contribution in [1.82, 2.24) is 10.3 Å². The molecule has 1 atom stereocenters. The third-order valence-electron chi connectivity index (χ3n) is 6.09. The summed E-state index contributed by atoms with van der Waals surface area (Å²) in [6, 6.07) is 19.6. The number of halogens is 2. The number of ketones is 1. The van der Waals surface area contributed by atoms with Gasteiger partial charge in [0.15, 0.2) is 11.6 Å². The zero-order valence-electron chi connectivity index (χ0n) is 19.9. The molecule has 4 aromatic rings. The van der Waals surface area contributed by atoms with E-state index in [0.29, 0.717) is 22.5 Å². The molecular formula is C30H28F2N4O2. The summed E-state index contributed by atoms with van der Waals surface area (Å²) in [4.78, 5) is 30.1. The van der Waals surface area contributed by atoms with E-state index in [1.165, 1.54) is 6.07 Å². The Labute approximate surface area is 220 Å². The van der Waals surface area contributed by atoms with Crippen LogP contribution >= 0.6 is 0 Å². The summed E-state index contributed by atoms with van der Waals surface area (Å²) in [6.07, 6.45) is 1.63. The van der Waals surface area contributed by atoms with Crippen LogP contribution in [0.15, 0.2) is 72.9 Å². The number of fused-ring (bicyclic) bond motifs is 1. The van der Waals surface area contributed by atoms with Gasteiger partial charge in [0.05, 0.1) is 11.6 Å². The average molecular weight is 515 g/mol. The molecule has 1 heterocycles. The number of pyridine rings is 1. The molecule has 0 aliphatic rings. The first-order valence-electron chi connectivity index (χ1n) is 11.7. The minimum absolute atomic E-state index is 0. The van der Waals surface area contributed by atoms with Crippen molar-refractivity contribution in [3.05, 3.63) is 107 Å². The number of anilines is 1. The molecular weight excluding hydrogens is 486 g/mol. The molecule has 0 aliphatic heterocycles.